The van der Waals surface area contributed by atoms with Gasteiger partial charge in [0.2, 0.25) is 0 Å². The molecule has 0 saturated carbocycles. The van der Waals surface area contributed by atoms with Crippen LogP contribution in [-0.2, 0) is 6.54 Å². The summed E-state index contributed by atoms with van der Waals surface area (Å²) in [6.45, 7) is 3.83. The van der Waals surface area contributed by atoms with Crippen LogP contribution in [0.4, 0.5) is 14.6 Å². The zero-order valence-corrected chi connectivity index (χ0v) is 15.3. The van der Waals surface area contributed by atoms with Gasteiger partial charge in [-0.15, -0.1) is 0 Å². The maximum atomic E-state index is 13.3. The van der Waals surface area contributed by atoms with Gasteiger partial charge < -0.3 is 10.2 Å². The van der Waals surface area contributed by atoms with Gasteiger partial charge in [-0.3, -0.25) is 4.79 Å². The molecule has 0 radical (unpaired) electrons. The van der Waals surface area contributed by atoms with Gasteiger partial charge in [0, 0.05) is 38.3 Å². The Morgan fingerprint density at radius 1 is 1.23 bits per heavy atom. The molecule has 1 aromatic heterocycles. The predicted octanol–water partition coefficient (Wildman–Crippen LogP) is 3.43. The molecule has 2 aromatic rings. The van der Waals surface area contributed by atoms with E-state index in [0.29, 0.717) is 28.9 Å². The highest BCUT2D eigenvalue weighted by Crippen LogP contribution is 2.21. The van der Waals surface area contributed by atoms with Crippen LogP contribution in [0.3, 0.4) is 0 Å². The van der Waals surface area contributed by atoms with Crippen LogP contribution in [0.5, 0.6) is 0 Å². The van der Waals surface area contributed by atoms with Gasteiger partial charge in [0.1, 0.15) is 5.82 Å². The number of rotatable bonds is 4. The van der Waals surface area contributed by atoms with Gasteiger partial charge in [-0.2, -0.15) is 0 Å². The maximum Gasteiger partial charge on any atom is 0.256 e. The van der Waals surface area contributed by atoms with E-state index in [4.69, 9.17) is 0 Å². The SMILES string of the molecule is CCC#Cc1cc(C)nc(N(C)C)c1C(=O)NCc1ccc(F)c(F)c1. The summed E-state index contributed by atoms with van der Waals surface area (Å²) < 4.78 is 26.3. The van der Waals surface area contributed by atoms with Crippen molar-refractivity contribution in [2.45, 2.75) is 26.8 Å². The largest absolute Gasteiger partial charge is 0.362 e. The average molecular weight is 357 g/mol. The number of nitrogens with zero attached hydrogens (tertiary/aromatic N) is 2. The van der Waals surface area contributed by atoms with Gasteiger partial charge >= 0.3 is 0 Å². The molecule has 0 aliphatic heterocycles. The van der Waals surface area contributed by atoms with E-state index in [0.717, 1.165) is 17.8 Å². The predicted molar refractivity (Wildman–Crippen MR) is 98.0 cm³/mol. The maximum absolute atomic E-state index is 13.3. The van der Waals surface area contributed by atoms with Crippen LogP contribution >= 0.6 is 0 Å². The Labute approximate surface area is 152 Å². The van der Waals surface area contributed by atoms with E-state index in [1.54, 1.807) is 25.1 Å². The topological polar surface area (TPSA) is 45.2 Å². The zero-order valence-electron chi connectivity index (χ0n) is 15.3. The van der Waals surface area contributed by atoms with E-state index in [1.807, 2.05) is 13.8 Å². The van der Waals surface area contributed by atoms with Gasteiger partial charge in [-0.1, -0.05) is 24.8 Å². The second kappa shape index (κ2) is 8.43. The van der Waals surface area contributed by atoms with Crippen LogP contribution in [0.1, 0.15) is 40.5 Å². The summed E-state index contributed by atoms with van der Waals surface area (Å²) in [5.74, 6) is 4.25. The molecule has 2 rings (SSSR count). The lowest BCUT2D eigenvalue weighted by molar-refractivity contribution is 0.0951. The quantitative estimate of drug-likeness (QED) is 0.853. The van der Waals surface area contributed by atoms with Crippen LogP contribution < -0.4 is 10.2 Å². The number of carbonyl (C=O) groups excluding carboxylic acids is 1. The highest BCUT2D eigenvalue weighted by atomic mass is 19.2. The van der Waals surface area contributed by atoms with Crippen LogP contribution in [0.15, 0.2) is 24.3 Å². The highest BCUT2D eigenvalue weighted by Gasteiger charge is 2.19. The Kier molecular flexibility index (Phi) is 6.29. The molecule has 1 amide bonds. The van der Waals surface area contributed by atoms with Crippen LogP contribution in [0, 0.1) is 30.4 Å². The first-order chi connectivity index (χ1) is 12.3. The third kappa shape index (κ3) is 4.57. The van der Waals surface area contributed by atoms with E-state index in [-0.39, 0.29) is 12.5 Å². The normalized spacial score (nSPS) is 10.1. The van der Waals surface area contributed by atoms with Crippen molar-refractivity contribution < 1.29 is 13.6 Å². The number of halogens is 2. The van der Waals surface area contributed by atoms with Gasteiger partial charge in [-0.05, 0) is 30.7 Å². The first-order valence-electron chi connectivity index (χ1n) is 8.23. The fourth-order valence-corrected chi connectivity index (χ4v) is 2.41. The summed E-state index contributed by atoms with van der Waals surface area (Å²) in [6.07, 6.45) is 0.661. The Hall–Kier alpha value is -2.94. The summed E-state index contributed by atoms with van der Waals surface area (Å²) in [5.41, 5.74) is 2.17. The number of anilines is 1. The number of amides is 1. The molecule has 0 atom stereocenters. The lowest BCUT2D eigenvalue weighted by Crippen LogP contribution is -2.27. The third-order valence-electron chi connectivity index (χ3n) is 3.62. The number of pyridine rings is 1. The number of benzene rings is 1. The summed E-state index contributed by atoms with van der Waals surface area (Å²) in [6, 6.07) is 5.29. The van der Waals surface area contributed by atoms with Crippen molar-refractivity contribution in [3.63, 3.8) is 0 Å². The monoisotopic (exact) mass is 357 g/mol. The second-order valence-electron chi connectivity index (χ2n) is 5.99. The summed E-state index contributed by atoms with van der Waals surface area (Å²) in [7, 11) is 3.59. The Morgan fingerprint density at radius 3 is 2.58 bits per heavy atom. The summed E-state index contributed by atoms with van der Waals surface area (Å²) >= 11 is 0. The van der Waals surface area contributed by atoms with Crippen LogP contribution in [0.25, 0.3) is 0 Å². The molecule has 4 nitrogen and oxygen atoms in total. The molecular formula is C20H21F2N3O. The van der Waals surface area contributed by atoms with Gasteiger partial charge in [-0.25, -0.2) is 13.8 Å². The van der Waals surface area contributed by atoms with Gasteiger partial charge in [0.05, 0.1) is 5.56 Å². The van der Waals surface area contributed by atoms with Crippen molar-refractivity contribution in [1.29, 1.82) is 0 Å². The number of hydrogen-bond acceptors (Lipinski definition) is 3. The van der Waals surface area contributed by atoms with Crippen LogP contribution in [-0.4, -0.2) is 25.0 Å². The molecule has 136 valence electrons. The Bertz CT molecular complexity index is 883. The lowest BCUT2D eigenvalue weighted by Gasteiger charge is -2.18. The molecule has 0 saturated heterocycles. The van der Waals surface area contributed by atoms with Crippen molar-refractivity contribution in [2.75, 3.05) is 19.0 Å². The number of aryl methyl sites for hydroxylation is 1. The van der Waals surface area contributed by atoms with Crippen LogP contribution in [0.2, 0.25) is 0 Å². The third-order valence-corrected chi connectivity index (χ3v) is 3.62. The smallest absolute Gasteiger partial charge is 0.256 e. The molecule has 0 aliphatic rings. The molecular weight excluding hydrogens is 336 g/mol. The van der Waals surface area contributed by atoms with Crippen molar-refractivity contribution >= 4 is 11.7 Å². The van der Waals surface area contributed by atoms with E-state index >= 15 is 0 Å². The summed E-state index contributed by atoms with van der Waals surface area (Å²) in [4.78, 5) is 19.0. The average Bonchev–Trinajstić information content (AvgIpc) is 2.60. The molecule has 1 N–H and O–H groups in total. The molecule has 0 fully saturated rings. The minimum absolute atomic E-state index is 0.0669. The standard InChI is InChI=1S/C20H21F2N3O/c1-5-6-7-15-10-13(2)24-19(25(3)4)18(15)20(26)23-12-14-8-9-16(21)17(22)11-14/h8-11H,5,12H2,1-4H3,(H,23,26). The lowest BCUT2D eigenvalue weighted by atomic mass is 10.1. The number of carbonyl (C=O) groups is 1. The highest BCUT2D eigenvalue weighted by molar-refractivity contribution is 6.01. The summed E-state index contributed by atoms with van der Waals surface area (Å²) in [5, 5.41) is 2.73. The molecule has 1 aromatic carbocycles. The van der Waals surface area contributed by atoms with E-state index in [1.165, 1.54) is 6.07 Å². The molecule has 1 heterocycles. The fraction of sp³-hybridized carbons (Fsp3) is 0.300. The van der Waals surface area contributed by atoms with Gasteiger partial charge in [0.25, 0.3) is 5.91 Å². The van der Waals surface area contributed by atoms with E-state index < -0.39 is 11.6 Å². The van der Waals surface area contributed by atoms with Crippen molar-refractivity contribution in [1.82, 2.24) is 10.3 Å². The fourth-order valence-electron chi connectivity index (χ4n) is 2.41. The van der Waals surface area contributed by atoms with Gasteiger partial charge in [0.15, 0.2) is 11.6 Å². The zero-order chi connectivity index (χ0) is 19.3. The molecule has 0 spiro atoms. The number of aromatic nitrogens is 1. The molecule has 0 aliphatic carbocycles. The molecule has 6 heteroatoms. The molecule has 0 bridgehead atoms. The first kappa shape index (κ1) is 19.4. The molecule has 26 heavy (non-hydrogen) atoms. The minimum Gasteiger partial charge on any atom is -0.362 e. The number of hydrogen-bond donors (Lipinski definition) is 1. The molecule has 0 unspecified atom stereocenters. The van der Waals surface area contributed by atoms with Crippen molar-refractivity contribution in [2.24, 2.45) is 0 Å². The minimum atomic E-state index is -0.947. The number of nitrogens with one attached hydrogen (secondary N) is 1. The second-order valence-corrected chi connectivity index (χ2v) is 5.99. The van der Waals surface area contributed by atoms with Crippen molar-refractivity contribution in [3.05, 3.63) is 58.3 Å². The Balaban J connectivity index is 2.35. The van der Waals surface area contributed by atoms with E-state index in [2.05, 4.69) is 22.1 Å². The van der Waals surface area contributed by atoms with Crippen molar-refractivity contribution in [3.8, 4) is 11.8 Å². The van der Waals surface area contributed by atoms with E-state index in [9.17, 15) is 13.6 Å². The Morgan fingerprint density at radius 2 is 1.96 bits per heavy atom. The first-order valence-corrected chi connectivity index (χ1v) is 8.23.